The molecule has 774 valence electrons. The summed E-state index contributed by atoms with van der Waals surface area (Å²) in [5.74, 6) is -7.37. The number of nitrogens with zero attached hydrogens (tertiary/aromatic N) is 19. The first-order valence-corrected chi connectivity index (χ1v) is 46.3. The predicted octanol–water partition coefficient (Wildman–Crippen LogP) is 23.6. The first-order valence-electron chi connectivity index (χ1n) is 45.2. The topological polar surface area (TPSA) is 242 Å². The first-order chi connectivity index (χ1) is 70.5. The Morgan fingerprint density at radius 3 is 0.886 bits per heavy atom. The van der Waals surface area contributed by atoms with Gasteiger partial charge in [0.1, 0.15) is 48.1 Å². The molecule has 24 nitrogen and oxygen atoms in total. The molecule has 0 aliphatic carbocycles. The Kier molecular flexibility index (Phi) is 30.4. The molecule has 0 spiro atoms. The largest absolute Gasteiger partial charge is 0.419 e. The highest BCUT2D eigenvalue weighted by molar-refractivity contribution is 6.35. The summed E-state index contributed by atoms with van der Waals surface area (Å²) in [5.41, 5.74) is 0.371. The van der Waals surface area contributed by atoms with Crippen LogP contribution >= 0.6 is 34.8 Å². The Labute approximate surface area is 846 Å². The molecule has 149 heavy (non-hydrogen) atoms. The van der Waals surface area contributed by atoms with Gasteiger partial charge in [-0.05, 0) is 168 Å². The maximum absolute atomic E-state index is 14.4. The van der Waals surface area contributed by atoms with Crippen LogP contribution in [0.2, 0.25) is 15.1 Å². The number of carbonyl (C=O) groups is 5. The standard InChI is InChI=1S/C21H16ClF4N3O.C21H16F5N3O.C20H15ClF4N4O.C20H16F4N4O.C19H14ClF4N5O/c1-12-19-17(29(11-27-19)14-7-5-13(23)6-8-14)9-10-28(12)20(30)15-3-2-4-16(18(15)22)21(24,25)26;1-12-19-17(29(11-27-19)14-7-5-13(22)6-8-14)9-10-28(12)20(30)15-3-2-4-16(18(15)23)21(24,25)26;1-11-17-15(29(10-27-17)18-14(22)6-3-8-26-18)7-9-28(11)19(30)12-4-2-5-13(16(12)21)20(23,24)25;1-12-18-15(28(11-26-18)16-7-2-3-9-25-16)8-10-27(12)19(29)13-5-4-6-14(17(13)21)20(22,23)24;1-10-16-14(29(9-27-16)18-25-7-11(21)8-26-18)5-6-28(10)17(30)12-3-2-4-13(15(12)20)19(22,23)24/h2*2-8,11-12H,9-10H2,1H3;2-6,8,10-11H,7,9H2,1H3;2-7,9,11-12H,8,10H2,1H3;2-4,7-10H,5-6H2,1H3. The highest BCUT2D eigenvalue weighted by Crippen LogP contribution is 2.46. The van der Waals surface area contributed by atoms with Crippen molar-refractivity contribution in [3.8, 4) is 29.0 Å². The molecule has 0 radical (unpaired) electrons. The summed E-state index contributed by atoms with van der Waals surface area (Å²) in [6, 6.07) is 32.6. The third-order valence-electron chi connectivity index (χ3n) is 25.6. The van der Waals surface area contributed by atoms with Crippen molar-refractivity contribution in [2.45, 2.75) is 128 Å². The lowest BCUT2D eigenvalue weighted by molar-refractivity contribution is -0.140. The van der Waals surface area contributed by atoms with E-state index in [-0.39, 0.29) is 72.8 Å². The summed E-state index contributed by atoms with van der Waals surface area (Å²) in [4.78, 5) is 110. The van der Waals surface area contributed by atoms with Crippen molar-refractivity contribution in [2.75, 3.05) is 32.7 Å². The van der Waals surface area contributed by atoms with E-state index in [1.165, 1.54) is 109 Å². The highest BCUT2D eigenvalue weighted by atomic mass is 35.5. The van der Waals surface area contributed by atoms with Crippen LogP contribution in [-0.2, 0) is 63.0 Å². The second-order valence-electron chi connectivity index (χ2n) is 34.3. The number of halogens is 24. The molecule has 5 aliphatic rings. The van der Waals surface area contributed by atoms with Gasteiger partial charge in [-0.25, -0.2) is 71.2 Å². The van der Waals surface area contributed by atoms with Gasteiger partial charge in [0, 0.05) is 100.0 Å². The van der Waals surface area contributed by atoms with E-state index in [1.54, 1.807) is 99.3 Å². The summed E-state index contributed by atoms with van der Waals surface area (Å²) in [6.07, 6.45) is -9.00. The lowest BCUT2D eigenvalue weighted by Crippen LogP contribution is -2.40. The molecule has 0 saturated heterocycles. The van der Waals surface area contributed by atoms with Crippen LogP contribution in [0.4, 0.5) is 92.2 Å². The molecule has 5 unspecified atom stereocenters. The number of aromatic nitrogens is 14. The summed E-state index contributed by atoms with van der Waals surface area (Å²) in [6.45, 7) is 9.72. The van der Waals surface area contributed by atoms with Gasteiger partial charge < -0.3 is 33.6 Å². The summed E-state index contributed by atoms with van der Waals surface area (Å²) in [7, 11) is 0. The average molecular weight is 2140 g/mol. The molecule has 0 fully saturated rings. The van der Waals surface area contributed by atoms with Crippen molar-refractivity contribution in [2.24, 2.45) is 0 Å². The van der Waals surface area contributed by atoms with E-state index in [0.717, 1.165) is 95.5 Å². The molecule has 13 heterocycles. The number of amides is 5. The molecule has 5 aliphatic heterocycles. The van der Waals surface area contributed by atoms with E-state index >= 15 is 0 Å². The summed E-state index contributed by atoms with van der Waals surface area (Å²) < 4.78 is 287. The number of hydrogen-bond acceptors (Lipinski definition) is 14. The van der Waals surface area contributed by atoms with Gasteiger partial charge in [0.15, 0.2) is 17.5 Å². The molecule has 20 rings (SSSR count). The molecule has 48 heteroatoms. The number of fused-ring (bicyclic) bond motifs is 5. The minimum atomic E-state index is -4.89. The van der Waals surface area contributed by atoms with E-state index in [2.05, 4.69) is 44.9 Å². The van der Waals surface area contributed by atoms with Gasteiger partial charge in [-0.15, -0.1) is 0 Å². The van der Waals surface area contributed by atoms with E-state index in [9.17, 15) is 116 Å². The third kappa shape index (κ3) is 21.6. The van der Waals surface area contributed by atoms with Crippen LogP contribution in [-0.4, -0.2) is 154 Å². The lowest BCUT2D eigenvalue weighted by Gasteiger charge is -2.33. The van der Waals surface area contributed by atoms with Gasteiger partial charge in [0.05, 0.1) is 172 Å². The maximum atomic E-state index is 14.4. The minimum absolute atomic E-state index is 0.0964. The van der Waals surface area contributed by atoms with Crippen LogP contribution in [0.5, 0.6) is 0 Å². The van der Waals surface area contributed by atoms with Crippen LogP contribution in [0.15, 0.2) is 226 Å². The molecule has 7 aromatic carbocycles. The van der Waals surface area contributed by atoms with Gasteiger partial charge in [-0.3, -0.25) is 37.7 Å². The van der Waals surface area contributed by atoms with Gasteiger partial charge in [0.25, 0.3) is 29.5 Å². The predicted molar refractivity (Wildman–Crippen MR) is 497 cm³/mol. The zero-order valence-corrected chi connectivity index (χ0v) is 80.2. The molecular formula is C101H77Cl3F21N19O5. The van der Waals surface area contributed by atoms with Crippen LogP contribution in [0.3, 0.4) is 0 Å². The molecular weight excluding hydrogens is 2060 g/mol. The number of imidazole rings is 5. The smallest absolute Gasteiger partial charge is 0.330 e. The van der Waals surface area contributed by atoms with Crippen LogP contribution < -0.4 is 0 Å². The zero-order chi connectivity index (χ0) is 107. The Bertz CT molecular complexity index is 7140. The molecule has 15 aromatic rings. The van der Waals surface area contributed by atoms with Gasteiger partial charge >= 0.3 is 30.9 Å². The monoisotopic (exact) mass is 2140 g/mol. The normalized spacial score (nSPS) is 16.5. The maximum Gasteiger partial charge on any atom is 0.419 e. The Morgan fingerprint density at radius 1 is 0.282 bits per heavy atom. The molecule has 0 saturated carbocycles. The lowest BCUT2D eigenvalue weighted by atomic mass is 10.0. The SMILES string of the molecule is CC1c2ncn(-c3ccc(F)cc3)c2CCN1C(=O)c1cccc(C(F)(F)F)c1Cl.CC1c2ncn(-c3ccc(F)cc3)c2CCN1C(=O)c1cccc(C(F)(F)F)c1F.CC1c2ncn(-c3ccccn3)c2CCN1C(=O)c1cccc(C(F)(F)F)c1F.CC1c2ncn(-c3ncc(F)cn3)c2CCN1C(=O)c1cccc(C(F)(F)F)c1Cl.CC1c2ncn(-c3ncccc3F)c2CCN1C(=O)c1cccc(C(F)(F)F)c1Cl. The fourth-order valence-electron chi connectivity index (χ4n) is 18.2. The quantitative estimate of drug-likeness (QED) is 0.116. The van der Waals surface area contributed by atoms with Crippen molar-refractivity contribution in [1.82, 2.24) is 92.2 Å². The molecule has 5 atom stereocenters. The fraction of sp³-hybridized carbons (Fsp3) is 0.248. The van der Waals surface area contributed by atoms with E-state index in [4.69, 9.17) is 34.8 Å². The van der Waals surface area contributed by atoms with Crippen LogP contribution in [0, 0.1) is 34.9 Å². The molecule has 8 aromatic heterocycles. The summed E-state index contributed by atoms with van der Waals surface area (Å²) in [5, 5.41) is -1.86. The van der Waals surface area contributed by atoms with Gasteiger partial charge in [-0.1, -0.05) is 71.2 Å². The van der Waals surface area contributed by atoms with Gasteiger partial charge in [-0.2, -0.15) is 65.9 Å². The van der Waals surface area contributed by atoms with Crippen molar-refractivity contribution >= 4 is 64.3 Å². The average Bonchev–Trinajstić information content (AvgIpc) is 1.67. The molecule has 5 amide bonds. The van der Waals surface area contributed by atoms with E-state index < -0.39 is 168 Å². The highest BCUT2D eigenvalue weighted by Gasteiger charge is 2.46. The van der Waals surface area contributed by atoms with Gasteiger partial charge in [0.2, 0.25) is 5.95 Å². The molecule has 0 bridgehead atoms. The fourth-order valence-corrected chi connectivity index (χ4v) is 19.1. The third-order valence-corrected chi connectivity index (χ3v) is 26.9. The van der Waals surface area contributed by atoms with Crippen molar-refractivity contribution < 1.29 is 116 Å². The Morgan fingerprint density at radius 2 is 0.564 bits per heavy atom. The number of carbonyl (C=O) groups excluding carboxylic acids is 5. The Hall–Kier alpha value is -15.3. The number of rotatable bonds is 10. The van der Waals surface area contributed by atoms with Crippen LogP contribution in [0.1, 0.15) is 201 Å². The molecule has 0 N–H and O–H groups in total. The van der Waals surface area contributed by atoms with Crippen molar-refractivity contribution in [3.05, 3.63) is 389 Å². The number of benzene rings is 7. The van der Waals surface area contributed by atoms with E-state index in [0.29, 0.717) is 89.9 Å². The minimum Gasteiger partial charge on any atom is -0.330 e. The first kappa shape index (κ1) is 106. The number of pyridine rings is 2. The van der Waals surface area contributed by atoms with Crippen molar-refractivity contribution in [1.29, 1.82) is 0 Å². The Balaban J connectivity index is 0.000000133. The summed E-state index contributed by atoms with van der Waals surface area (Å²) >= 11 is 17.8. The number of hydrogen-bond donors (Lipinski definition) is 0. The zero-order valence-electron chi connectivity index (χ0n) is 77.9. The van der Waals surface area contributed by atoms with E-state index in [1.807, 2.05) is 21.3 Å². The number of alkyl halides is 15. The van der Waals surface area contributed by atoms with Crippen molar-refractivity contribution in [3.63, 3.8) is 0 Å². The second kappa shape index (κ2) is 42.5. The van der Waals surface area contributed by atoms with Crippen LogP contribution in [0.25, 0.3) is 29.0 Å². The second-order valence-corrected chi connectivity index (χ2v) is 35.5.